The van der Waals surface area contributed by atoms with Gasteiger partial charge >= 0.3 is 7.12 Å². The number of hydrogen-bond donors (Lipinski definition) is 0. The first-order valence-electron chi connectivity index (χ1n) is 10.1. The van der Waals surface area contributed by atoms with Gasteiger partial charge in [-0.1, -0.05) is 56.3 Å². The van der Waals surface area contributed by atoms with Crippen LogP contribution in [0.1, 0.15) is 32.8 Å². The summed E-state index contributed by atoms with van der Waals surface area (Å²) >= 11 is 0. The van der Waals surface area contributed by atoms with E-state index in [1.54, 1.807) is 14.0 Å². The van der Waals surface area contributed by atoms with Crippen molar-refractivity contribution in [3.8, 4) is 5.75 Å². The zero-order chi connectivity index (χ0) is 20.8. The number of rotatable bonds is 9. The molecule has 2 aromatic carbocycles. The maximum atomic E-state index is 12.2. The SMILES string of the molecule is COc1ccc(CO[C@@H](C[C@@H]2OB(c3ccccc3)O[C@H]2C(C)=O)C(C)C)cc1. The molecule has 3 rings (SSSR count). The molecule has 0 bridgehead atoms. The first-order valence-corrected chi connectivity index (χ1v) is 10.1. The standard InChI is InChI=1S/C23H29BO5/c1-16(2)21(27-15-18-10-12-20(26-4)13-11-18)14-22-23(17(3)25)29-24(28-22)19-8-6-5-7-9-19/h5-13,16,21-23H,14-15H2,1-4H3/t21-,22-,23-/m0/s1. The smallest absolute Gasteiger partial charge is 0.494 e. The maximum Gasteiger partial charge on any atom is 0.494 e. The monoisotopic (exact) mass is 396 g/mol. The predicted octanol–water partition coefficient (Wildman–Crippen LogP) is 3.39. The van der Waals surface area contributed by atoms with Gasteiger partial charge in [0, 0.05) is 6.42 Å². The van der Waals surface area contributed by atoms with Crippen LogP contribution < -0.4 is 10.2 Å². The number of methoxy groups -OCH3 is 1. The van der Waals surface area contributed by atoms with Crippen molar-refractivity contribution in [3.63, 3.8) is 0 Å². The van der Waals surface area contributed by atoms with Crippen molar-refractivity contribution in [1.82, 2.24) is 0 Å². The van der Waals surface area contributed by atoms with E-state index in [0.29, 0.717) is 13.0 Å². The predicted molar refractivity (Wildman–Crippen MR) is 113 cm³/mol. The van der Waals surface area contributed by atoms with Crippen LogP contribution in [0.4, 0.5) is 0 Å². The number of benzene rings is 2. The molecule has 0 aromatic heterocycles. The van der Waals surface area contributed by atoms with Crippen LogP contribution in [0.2, 0.25) is 0 Å². The summed E-state index contributed by atoms with van der Waals surface area (Å²) in [5, 5.41) is 0. The van der Waals surface area contributed by atoms with E-state index in [4.69, 9.17) is 18.8 Å². The largest absolute Gasteiger partial charge is 0.497 e. The summed E-state index contributed by atoms with van der Waals surface area (Å²) in [6.45, 7) is 6.28. The Balaban J connectivity index is 1.65. The highest BCUT2D eigenvalue weighted by Crippen LogP contribution is 2.26. The molecule has 154 valence electrons. The summed E-state index contributed by atoms with van der Waals surface area (Å²) in [6, 6.07) is 17.6. The van der Waals surface area contributed by atoms with Crippen molar-refractivity contribution in [2.24, 2.45) is 5.92 Å². The average molecular weight is 396 g/mol. The lowest BCUT2D eigenvalue weighted by molar-refractivity contribution is -0.125. The van der Waals surface area contributed by atoms with E-state index >= 15 is 0 Å². The van der Waals surface area contributed by atoms with E-state index < -0.39 is 13.2 Å². The Morgan fingerprint density at radius 1 is 1.07 bits per heavy atom. The highest BCUT2D eigenvalue weighted by molar-refractivity contribution is 6.62. The molecule has 0 amide bonds. The van der Waals surface area contributed by atoms with Gasteiger partial charge in [0.2, 0.25) is 0 Å². The van der Waals surface area contributed by atoms with Gasteiger partial charge < -0.3 is 18.8 Å². The number of carbonyl (C=O) groups excluding carboxylic acids is 1. The quantitative estimate of drug-likeness (QED) is 0.609. The molecule has 1 fully saturated rings. The van der Waals surface area contributed by atoms with Gasteiger partial charge in [-0.15, -0.1) is 0 Å². The Bertz CT molecular complexity index is 778. The molecular weight excluding hydrogens is 367 g/mol. The minimum absolute atomic E-state index is 0.0221. The van der Waals surface area contributed by atoms with Gasteiger partial charge in [0.05, 0.1) is 25.9 Å². The minimum Gasteiger partial charge on any atom is -0.497 e. The van der Waals surface area contributed by atoms with E-state index in [0.717, 1.165) is 16.8 Å². The molecule has 1 saturated heterocycles. The second kappa shape index (κ2) is 10.1. The number of ketones is 1. The van der Waals surface area contributed by atoms with Gasteiger partial charge in [-0.25, -0.2) is 0 Å². The summed E-state index contributed by atoms with van der Waals surface area (Å²) in [7, 11) is 1.13. The van der Waals surface area contributed by atoms with Gasteiger partial charge in [-0.2, -0.15) is 0 Å². The molecule has 29 heavy (non-hydrogen) atoms. The molecule has 0 radical (unpaired) electrons. The topological polar surface area (TPSA) is 54.0 Å². The van der Waals surface area contributed by atoms with Crippen LogP contribution in [0.25, 0.3) is 0 Å². The van der Waals surface area contributed by atoms with E-state index in [1.165, 1.54) is 0 Å². The minimum atomic E-state index is -0.578. The molecule has 0 aliphatic carbocycles. The fraction of sp³-hybridized carbons (Fsp3) is 0.435. The third-order valence-electron chi connectivity index (χ3n) is 5.21. The van der Waals surface area contributed by atoms with Gasteiger partial charge in [0.1, 0.15) is 11.9 Å². The van der Waals surface area contributed by atoms with Crippen molar-refractivity contribution >= 4 is 18.4 Å². The van der Waals surface area contributed by atoms with Crippen molar-refractivity contribution in [2.45, 2.75) is 52.1 Å². The summed E-state index contributed by atoms with van der Waals surface area (Å²) in [5.74, 6) is 1.08. The third kappa shape index (κ3) is 5.69. The highest BCUT2D eigenvalue weighted by Gasteiger charge is 2.44. The van der Waals surface area contributed by atoms with Gasteiger partial charge in [-0.3, -0.25) is 4.79 Å². The Hall–Kier alpha value is -2.15. The summed E-state index contributed by atoms with van der Waals surface area (Å²) < 4.78 is 23.5. The molecule has 0 spiro atoms. The van der Waals surface area contributed by atoms with Crippen LogP contribution >= 0.6 is 0 Å². The summed E-state index contributed by atoms with van der Waals surface area (Å²) in [4.78, 5) is 12.2. The number of carbonyl (C=O) groups is 1. The Kier molecular flexibility index (Phi) is 7.48. The van der Waals surface area contributed by atoms with E-state index in [1.807, 2.05) is 54.6 Å². The second-order valence-corrected chi connectivity index (χ2v) is 7.76. The highest BCUT2D eigenvalue weighted by atomic mass is 16.7. The average Bonchev–Trinajstić information content (AvgIpc) is 3.16. The van der Waals surface area contributed by atoms with Crippen LogP contribution in [0, 0.1) is 5.92 Å². The molecule has 0 N–H and O–H groups in total. The molecule has 1 heterocycles. The summed E-state index contributed by atoms with van der Waals surface area (Å²) in [5.41, 5.74) is 1.99. The molecule has 2 aromatic rings. The fourth-order valence-electron chi connectivity index (χ4n) is 3.47. The zero-order valence-corrected chi connectivity index (χ0v) is 17.5. The van der Waals surface area contributed by atoms with Gasteiger partial charge in [-0.05, 0) is 36.0 Å². The van der Waals surface area contributed by atoms with E-state index in [-0.39, 0.29) is 23.9 Å². The van der Waals surface area contributed by atoms with E-state index in [9.17, 15) is 4.79 Å². The van der Waals surface area contributed by atoms with Crippen LogP contribution in [0.5, 0.6) is 5.75 Å². The summed E-state index contributed by atoms with van der Waals surface area (Å²) in [6.07, 6.45) is -0.365. The van der Waals surface area contributed by atoms with Crippen molar-refractivity contribution < 1.29 is 23.6 Å². The number of ether oxygens (including phenoxy) is 2. The Labute approximate surface area is 173 Å². The van der Waals surface area contributed by atoms with Gasteiger partial charge in [0.15, 0.2) is 5.78 Å². The number of Topliss-reactive ketones (excluding diaryl/α,β-unsaturated/α-hetero) is 1. The molecule has 1 aliphatic heterocycles. The zero-order valence-electron chi connectivity index (χ0n) is 17.5. The lowest BCUT2D eigenvalue weighted by Gasteiger charge is -2.26. The fourth-order valence-corrected chi connectivity index (χ4v) is 3.47. The van der Waals surface area contributed by atoms with Crippen LogP contribution in [-0.4, -0.2) is 38.3 Å². The van der Waals surface area contributed by atoms with Crippen molar-refractivity contribution in [3.05, 3.63) is 60.2 Å². The normalized spacial score (nSPS) is 20.1. The first kappa shape index (κ1) is 21.6. The third-order valence-corrected chi connectivity index (χ3v) is 5.21. The van der Waals surface area contributed by atoms with Crippen molar-refractivity contribution in [2.75, 3.05) is 7.11 Å². The molecule has 5 nitrogen and oxygen atoms in total. The van der Waals surface area contributed by atoms with Crippen molar-refractivity contribution in [1.29, 1.82) is 0 Å². The molecule has 0 saturated carbocycles. The van der Waals surface area contributed by atoms with Crippen LogP contribution in [0.3, 0.4) is 0 Å². The lowest BCUT2D eigenvalue weighted by atomic mass is 9.79. The number of hydrogen-bond acceptors (Lipinski definition) is 5. The Morgan fingerprint density at radius 2 is 1.76 bits per heavy atom. The molecule has 6 heteroatoms. The lowest BCUT2D eigenvalue weighted by Crippen LogP contribution is -2.35. The van der Waals surface area contributed by atoms with Crippen LogP contribution in [0.15, 0.2) is 54.6 Å². The molecule has 1 aliphatic rings. The molecule has 3 atom stereocenters. The maximum absolute atomic E-state index is 12.2. The second-order valence-electron chi connectivity index (χ2n) is 7.76. The molecule has 0 unspecified atom stereocenters. The molecular formula is C23H29BO5. The van der Waals surface area contributed by atoms with Gasteiger partial charge in [0.25, 0.3) is 0 Å². The van der Waals surface area contributed by atoms with Crippen LogP contribution in [-0.2, 0) is 25.4 Å². The first-order chi connectivity index (χ1) is 14.0. The van der Waals surface area contributed by atoms with E-state index in [2.05, 4.69) is 13.8 Å². The Morgan fingerprint density at radius 3 is 2.34 bits per heavy atom.